The fourth-order valence-corrected chi connectivity index (χ4v) is 4.47. The van der Waals surface area contributed by atoms with Crippen LogP contribution in [-0.4, -0.2) is 69.0 Å². The lowest BCUT2D eigenvalue weighted by Crippen LogP contribution is -2.47. The molecule has 27 heavy (non-hydrogen) atoms. The van der Waals surface area contributed by atoms with Crippen molar-refractivity contribution in [3.05, 3.63) is 29.8 Å². The number of benzene rings is 1. The Balaban J connectivity index is 1.68. The highest BCUT2D eigenvalue weighted by Crippen LogP contribution is 2.17. The lowest BCUT2D eigenvalue weighted by molar-refractivity contribution is -0.120. The van der Waals surface area contributed by atoms with Crippen molar-refractivity contribution in [2.24, 2.45) is 0 Å². The van der Waals surface area contributed by atoms with Gasteiger partial charge in [0.2, 0.25) is 5.91 Å². The molecule has 0 spiro atoms. The van der Waals surface area contributed by atoms with Gasteiger partial charge in [-0.05, 0) is 58.4 Å². The smallest absolute Gasteiger partial charge is 0.238 e. The average Bonchev–Trinajstić information content (AvgIpc) is 2.64. The molecule has 2 rings (SSSR count). The normalized spacial score (nSPS) is 17.1. The first-order valence-electron chi connectivity index (χ1n) is 9.76. The third kappa shape index (κ3) is 5.94. The van der Waals surface area contributed by atoms with E-state index in [0.717, 1.165) is 39.1 Å². The predicted molar refractivity (Wildman–Crippen MR) is 111 cm³/mol. The lowest BCUT2D eigenvalue weighted by Gasteiger charge is -2.36. The molecule has 1 aromatic rings. The van der Waals surface area contributed by atoms with Crippen molar-refractivity contribution in [2.45, 2.75) is 44.6 Å². The minimum Gasteiger partial charge on any atom is -0.369 e. The number of hydrogen-bond acceptors (Lipinski definition) is 5. The number of anilines is 1. The predicted octanol–water partition coefficient (Wildman–Crippen LogP) is 1.84. The highest BCUT2D eigenvalue weighted by molar-refractivity contribution is 7.93. The SMILES string of the molecule is Cc1cccc(N2CCN(CCCNC(=O)C(C)S(=O)(=O)C(C)C)CC2)c1. The van der Waals surface area contributed by atoms with Crippen molar-refractivity contribution in [3.63, 3.8) is 0 Å². The number of aryl methyl sites for hydroxylation is 1. The maximum atomic E-state index is 12.1. The molecule has 1 aliphatic heterocycles. The number of sulfone groups is 1. The molecule has 0 saturated carbocycles. The van der Waals surface area contributed by atoms with Crippen LogP contribution in [0.2, 0.25) is 0 Å². The van der Waals surface area contributed by atoms with E-state index in [1.807, 2.05) is 0 Å². The molecule has 1 amide bonds. The van der Waals surface area contributed by atoms with Gasteiger partial charge in [-0.1, -0.05) is 12.1 Å². The van der Waals surface area contributed by atoms with E-state index in [1.54, 1.807) is 13.8 Å². The molecule has 0 bridgehead atoms. The quantitative estimate of drug-likeness (QED) is 0.680. The van der Waals surface area contributed by atoms with E-state index in [0.29, 0.717) is 6.54 Å². The minimum absolute atomic E-state index is 0.395. The summed E-state index contributed by atoms with van der Waals surface area (Å²) in [5.74, 6) is -0.395. The molecular weight excluding hydrogens is 362 g/mol. The van der Waals surface area contributed by atoms with E-state index in [2.05, 4.69) is 46.3 Å². The molecule has 152 valence electrons. The van der Waals surface area contributed by atoms with Crippen molar-refractivity contribution in [1.82, 2.24) is 10.2 Å². The van der Waals surface area contributed by atoms with Gasteiger partial charge in [-0.2, -0.15) is 0 Å². The van der Waals surface area contributed by atoms with Crippen molar-refractivity contribution in [2.75, 3.05) is 44.2 Å². The molecule has 1 N–H and O–H groups in total. The number of rotatable bonds is 8. The zero-order valence-electron chi connectivity index (χ0n) is 16.9. The Labute approximate surface area is 163 Å². The molecule has 1 heterocycles. The van der Waals surface area contributed by atoms with E-state index in [4.69, 9.17) is 0 Å². The molecule has 1 unspecified atom stereocenters. The largest absolute Gasteiger partial charge is 0.369 e. The third-order valence-electron chi connectivity index (χ3n) is 5.21. The van der Waals surface area contributed by atoms with Crippen LogP contribution in [0.5, 0.6) is 0 Å². The molecule has 7 heteroatoms. The number of amides is 1. The first kappa shape index (κ1) is 21.7. The van der Waals surface area contributed by atoms with Crippen LogP contribution < -0.4 is 10.2 Å². The number of nitrogens with one attached hydrogen (secondary N) is 1. The highest BCUT2D eigenvalue weighted by atomic mass is 32.2. The Morgan fingerprint density at radius 2 is 1.81 bits per heavy atom. The van der Waals surface area contributed by atoms with Crippen LogP contribution in [-0.2, 0) is 14.6 Å². The topological polar surface area (TPSA) is 69.7 Å². The fourth-order valence-electron chi connectivity index (χ4n) is 3.27. The maximum absolute atomic E-state index is 12.1. The van der Waals surface area contributed by atoms with Crippen LogP contribution in [0.4, 0.5) is 5.69 Å². The van der Waals surface area contributed by atoms with Crippen molar-refractivity contribution >= 4 is 21.4 Å². The van der Waals surface area contributed by atoms with Crippen LogP contribution >= 0.6 is 0 Å². The highest BCUT2D eigenvalue weighted by Gasteiger charge is 2.30. The summed E-state index contributed by atoms with van der Waals surface area (Å²) in [7, 11) is -3.40. The Kier molecular flexibility index (Phi) is 7.68. The van der Waals surface area contributed by atoms with Crippen molar-refractivity contribution in [3.8, 4) is 0 Å². The van der Waals surface area contributed by atoms with Crippen LogP contribution in [0.25, 0.3) is 0 Å². The van der Waals surface area contributed by atoms with E-state index in [-0.39, 0.29) is 0 Å². The third-order valence-corrected chi connectivity index (χ3v) is 7.72. The Bertz CT molecular complexity index is 726. The Hall–Kier alpha value is -1.60. The molecular formula is C20H33N3O3S. The summed E-state index contributed by atoms with van der Waals surface area (Å²) in [4.78, 5) is 16.9. The summed E-state index contributed by atoms with van der Waals surface area (Å²) in [6.07, 6.45) is 0.824. The summed E-state index contributed by atoms with van der Waals surface area (Å²) >= 11 is 0. The number of carbonyl (C=O) groups excluding carboxylic acids is 1. The maximum Gasteiger partial charge on any atom is 0.238 e. The first-order valence-corrected chi connectivity index (χ1v) is 11.4. The van der Waals surface area contributed by atoms with E-state index < -0.39 is 26.2 Å². The molecule has 0 radical (unpaired) electrons. The Morgan fingerprint density at radius 3 is 2.41 bits per heavy atom. The molecule has 1 atom stereocenters. The van der Waals surface area contributed by atoms with Gasteiger partial charge in [0, 0.05) is 38.4 Å². The molecule has 0 aliphatic carbocycles. The van der Waals surface area contributed by atoms with E-state index in [9.17, 15) is 13.2 Å². The van der Waals surface area contributed by atoms with Gasteiger partial charge in [0.05, 0.1) is 5.25 Å². The van der Waals surface area contributed by atoms with Crippen LogP contribution in [0.3, 0.4) is 0 Å². The zero-order chi connectivity index (χ0) is 20.0. The van der Waals surface area contributed by atoms with Crippen LogP contribution in [0, 0.1) is 6.92 Å². The van der Waals surface area contributed by atoms with E-state index in [1.165, 1.54) is 18.2 Å². The van der Waals surface area contributed by atoms with Gasteiger partial charge in [-0.3, -0.25) is 9.69 Å². The molecule has 1 saturated heterocycles. The lowest BCUT2D eigenvalue weighted by atomic mass is 10.2. The molecule has 1 fully saturated rings. The number of nitrogens with zero attached hydrogens (tertiary/aromatic N) is 2. The van der Waals surface area contributed by atoms with Gasteiger partial charge in [-0.15, -0.1) is 0 Å². The average molecular weight is 396 g/mol. The summed E-state index contributed by atoms with van der Waals surface area (Å²) in [5.41, 5.74) is 2.56. The fraction of sp³-hybridized carbons (Fsp3) is 0.650. The van der Waals surface area contributed by atoms with E-state index >= 15 is 0 Å². The molecule has 0 aromatic heterocycles. The molecule has 6 nitrogen and oxygen atoms in total. The minimum atomic E-state index is -3.40. The number of piperazine rings is 1. The standard InChI is InChI=1S/C20H33N3O3S/c1-16(2)27(25,26)18(4)20(24)21-9-6-10-22-11-13-23(14-12-22)19-8-5-7-17(3)15-19/h5,7-8,15-16,18H,6,9-14H2,1-4H3,(H,21,24). The monoisotopic (exact) mass is 395 g/mol. The summed E-state index contributed by atoms with van der Waals surface area (Å²) in [6, 6.07) is 8.59. The zero-order valence-corrected chi connectivity index (χ0v) is 17.8. The first-order chi connectivity index (χ1) is 12.7. The van der Waals surface area contributed by atoms with Gasteiger partial charge in [0.1, 0.15) is 5.25 Å². The summed E-state index contributed by atoms with van der Waals surface area (Å²) in [5, 5.41) is 1.24. The Morgan fingerprint density at radius 1 is 1.15 bits per heavy atom. The second-order valence-corrected chi connectivity index (χ2v) is 10.4. The van der Waals surface area contributed by atoms with Gasteiger partial charge in [0.15, 0.2) is 9.84 Å². The van der Waals surface area contributed by atoms with Crippen LogP contribution in [0.15, 0.2) is 24.3 Å². The number of carbonyl (C=O) groups is 1. The molecule has 1 aromatic carbocycles. The van der Waals surface area contributed by atoms with Crippen molar-refractivity contribution in [1.29, 1.82) is 0 Å². The number of hydrogen-bond donors (Lipinski definition) is 1. The van der Waals surface area contributed by atoms with Crippen LogP contribution in [0.1, 0.15) is 32.8 Å². The summed E-state index contributed by atoms with van der Waals surface area (Å²) in [6.45, 7) is 12.2. The van der Waals surface area contributed by atoms with Crippen molar-refractivity contribution < 1.29 is 13.2 Å². The second-order valence-electron chi connectivity index (χ2n) is 7.59. The van der Waals surface area contributed by atoms with Gasteiger partial charge in [-0.25, -0.2) is 8.42 Å². The summed E-state index contributed by atoms with van der Waals surface area (Å²) < 4.78 is 24.1. The van der Waals surface area contributed by atoms with Gasteiger partial charge < -0.3 is 10.2 Å². The van der Waals surface area contributed by atoms with Gasteiger partial charge in [0.25, 0.3) is 0 Å². The second kappa shape index (κ2) is 9.55. The van der Waals surface area contributed by atoms with Gasteiger partial charge >= 0.3 is 0 Å². The molecule has 1 aliphatic rings.